The zero-order chi connectivity index (χ0) is 12.1. The van der Waals surface area contributed by atoms with E-state index in [2.05, 4.69) is 6.55 Å². The highest BCUT2D eigenvalue weighted by Gasteiger charge is 2.54. The van der Waals surface area contributed by atoms with Crippen LogP contribution in [0.25, 0.3) is 0 Å². The lowest BCUT2D eigenvalue weighted by Gasteiger charge is -2.58. The van der Waals surface area contributed by atoms with Gasteiger partial charge in [-0.05, 0) is 62.8 Å². The van der Waals surface area contributed by atoms with Crippen LogP contribution in [0, 0.1) is 17.8 Å². The Hall–Kier alpha value is 0.427. The predicted molar refractivity (Wildman–Crippen MR) is 71.3 cm³/mol. The molecule has 1 unspecified atom stereocenters. The van der Waals surface area contributed by atoms with Gasteiger partial charge in [0.25, 0.3) is 0 Å². The van der Waals surface area contributed by atoms with Gasteiger partial charge in [-0.25, -0.2) is 0 Å². The smallest absolute Gasteiger partial charge is 0.350 e. The lowest BCUT2D eigenvalue weighted by molar-refractivity contribution is -0.121. The van der Waals surface area contributed by atoms with Gasteiger partial charge in [0.1, 0.15) is 0 Å². The monoisotopic (exact) mass is 274 g/mol. The summed E-state index contributed by atoms with van der Waals surface area (Å²) in [6.45, 7) is 2.11. The normalized spacial score (nSPS) is 47.1. The Labute approximate surface area is 110 Å². The molecule has 0 aromatic carbocycles. The molecule has 4 fully saturated rings. The molecule has 0 amide bonds. The fraction of sp³-hybridized carbons (Fsp3) is 1.00. The molecule has 0 N–H and O–H groups in total. The molecule has 1 atom stereocenters. The van der Waals surface area contributed by atoms with Crippen LogP contribution in [-0.2, 0) is 8.85 Å². The minimum Gasteiger partial charge on any atom is -0.397 e. The number of hydrogen-bond donors (Lipinski definition) is 0. The Morgan fingerprint density at radius 3 is 1.94 bits per heavy atom. The van der Waals surface area contributed by atoms with Crippen molar-refractivity contribution in [3.05, 3.63) is 0 Å². The molecule has 0 aliphatic heterocycles. The average molecular weight is 275 g/mol. The third-order valence-corrected chi connectivity index (χ3v) is 8.76. The van der Waals surface area contributed by atoms with Crippen LogP contribution < -0.4 is 0 Å². The Balaban J connectivity index is 1.78. The van der Waals surface area contributed by atoms with Crippen LogP contribution in [-0.4, -0.2) is 26.8 Å². The Morgan fingerprint density at radius 2 is 1.59 bits per heavy atom. The average Bonchev–Trinajstić information content (AvgIpc) is 2.26. The summed E-state index contributed by atoms with van der Waals surface area (Å²) in [5.41, 5.74) is 0.686. The maximum absolute atomic E-state index is 6.52. The third-order valence-electron chi connectivity index (χ3n) is 5.09. The highest BCUT2D eigenvalue weighted by Crippen LogP contribution is 2.57. The summed E-state index contributed by atoms with van der Waals surface area (Å²) in [6, 6.07) is 0. The predicted octanol–water partition coefficient (Wildman–Crippen LogP) is 3.47. The zero-order valence-electron chi connectivity index (χ0n) is 10.9. The molecule has 0 aromatic heterocycles. The zero-order valence-corrected chi connectivity index (χ0v) is 12.6. The van der Waals surface area contributed by atoms with Crippen molar-refractivity contribution >= 4 is 20.2 Å². The second-order valence-corrected chi connectivity index (χ2v) is 10.6. The molecular weight excluding hydrogens is 252 g/mol. The molecule has 0 saturated heterocycles. The lowest BCUT2D eigenvalue weighted by Crippen LogP contribution is -2.58. The van der Waals surface area contributed by atoms with Gasteiger partial charge in [-0.1, -0.05) is 0 Å². The fourth-order valence-corrected chi connectivity index (χ4v) is 6.64. The molecule has 98 valence electrons. The molecule has 4 heteroatoms. The van der Waals surface area contributed by atoms with Gasteiger partial charge in [0, 0.05) is 7.11 Å². The molecule has 4 aliphatic rings. The second-order valence-electron chi connectivity index (χ2n) is 6.67. The van der Waals surface area contributed by atoms with Crippen molar-refractivity contribution in [1.29, 1.82) is 0 Å². The maximum atomic E-state index is 6.52. The van der Waals surface area contributed by atoms with Crippen molar-refractivity contribution in [2.75, 3.05) is 12.6 Å². The summed E-state index contributed by atoms with van der Waals surface area (Å²) in [5, 5.41) is 0. The Bertz CT molecular complexity index is 269. The molecule has 0 radical (unpaired) electrons. The van der Waals surface area contributed by atoms with Crippen molar-refractivity contribution in [3.8, 4) is 0 Å². The van der Waals surface area contributed by atoms with Crippen LogP contribution in [0.5, 0.6) is 0 Å². The first-order valence-corrected chi connectivity index (χ1v) is 9.93. The first-order chi connectivity index (χ1) is 8.06. The van der Waals surface area contributed by atoms with E-state index in [1.54, 1.807) is 7.11 Å². The first kappa shape index (κ1) is 12.5. The van der Waals surface area contributed by atoms with E-state index in [9.17, 15) is 0 Å². The topological polar surface area (TPSA) is 18.5 Å². The number of hydrogen-bond acceptors (Lipinski definition) is 2. The summed E-state index contributed by atoms with van der Waals surface area (Å²) in [4.78, 5) is 0. The van der Waals surface area contributed by atoms with E-state index in [0.29, 0.717) is 5.50 Å². The minimum atomic E-state index is -2.12. The molecule has 2 nitrogen and oxygen atoms in total. The maximum Gasteiger partial charge on any atom is 0.350 e. The van der Waals surface area contributed by atoms with E-state index >= 15 is 0 Å². The summed E-state index contributed by atoms with van der Waals surface area (Å²) in [5.74, 6) is 2.77. The summed E-state index contributed by atoms with van der Waals surface area (Å²) in [6.07, 6.45) is 8.16. The molecular formula is C13H23ClO2Si. The highest BCUT2D eigenvalue weighted by atomic mass is 35.5. The van der Waals surface area contributed by atoms with Gasteiger partial charge < -0.3 is 8.85 Å². The standard InChI is InChI=1S/C13H23ClO2Si/c1-15-17(2,9-14)16-13-6-10-3-11(7-13)5-12(4-10)8-13/h10-12H,3-9H2,1-2H3. The largest absolute Gasteiger partial charge is 0.397 e. The number of alkyl halides is 1. The minimum absolute atomic E-state index is 0.140. The van der Waals surface area contributed by atoms with E-state index < -0.39 is 8.56 Å². The molecule has 17 heavy (non-hydrogen) atoms. The molecule has 4 aliphatic carbocycles. The Morgan fingerprint density at radius 1 is 1.12 bits per heavy atom. The van der Waals surface area contributed by atoms with Crippen molar-refractivity contribution in [2.45, 2.75) is 50.7 Å². The Kier molecular flexibility index (Phi) is 3.10. The van der Waals surface area contributed by atoms with Crippen LogP contribution in [0.3, 0.4) is 0 Å². The molecule has 4 rings (SSSR count). The van der Waals surface area contributed by atoms with Gasteiger partial charge in [-0.3, -0.25) is 0 Å². The van der Waals surface area contributed by atoms with Crippen molar-refractivity contribution in [1.82, 2.24) is 0 Å². The van der Waals surface area contributed by atoms with Gasteiger partial charge >= 0.3 is 8.56 Å². The third kappa shape index (κ3) is 2.20. The molecule has 0 aromatic rings. The first-order valence-electron chi connectivity index (χ1n) is 6.88. The fourth-order valence-electron chi connectivity index (χ4n) is 4.74. The van der Waals surface area contributed by atoms with Crippen molar-refractivity contribution in [2.24, 2.45) is 17.8 Å². The molecule has 0 spiro atoms. The van der Waals surface area contributed by atoms with Gasteiger partial charge in [0.2, 0.25) is 0 Å². The van der Waals surface area contributed by atoms with Crippen LogP contribution in [0.4, 0.5) is 0 Å². The summed E-state index contributed by atoms with van der Waals surface area (Å²) < 4.78 is 12.1. The van der Waals surface area contributed by atoms with Gasteiger partial charge in [-0.2, -0.15) is 0 Å². The van der Waals surface area contributed by atoms with E-state index in [4.69, 9.17) is 20.5 Å². The van der Waals surface area contributed by atoms with E-state index in [1.807, 2.05) is 0 Å². The number of rotatable bonds is 4. The van der Waals surface area contributed by atoms with Crippen LogP contribution in [0.15, 0.2) is 0 Å². The molecule has 0 heterocycles. The molecule has 4 saturated carbocycles. The SMILES string of the molecule is CO[Si](C)(CCl)OC12CC3CC(CC(C3)C1)C2. The number of halogens is 1. The summed E-state index contributed by atoms with van der Waals surface area (Å²) >= 11 is 6.06. The van der Waals surface area contributed by atoms with Gasteiger partial charge in [0.15, 0.2) is 0 Å². The van der Waals surface area contributed by atoms with Crippen molar-refractivity contribution in [3.63, 3.8) is 0 Å². The van der Waals surface area contributed by atoms with Crippen LogP contribution in [0.2, 0.25) is 6.55 Å². The van der Waals surface area contributed by atoms with Crippen LogP contribution >= 0.6 is 11.6 Å². The van der Waals surface area contributed by atoms with Gasteiger partial charge in [-0.15, -0.1) is 11.6 Å². The van der Waals surface area contributed by atoms with Crippen molar-refractivity contribution < 1.29 is 8.85 Å². The highest BCUT2D eigenvalue weighted by molar-refractivity contribution is 6.73. The van der Waals surface area contributed by atoms with E-state index in [1.165, 1.54) is 38.5 Å². The van der Waals surface area contributed by atoms with E-state index in [0.717, 1.165) is 17.8 Å². The molecule has 4 bridgehead atoms. The lowest BCUT2D eigenvalue weighted by atomic mass is 9.54. The van der Waals surface area contributed by atoms with Gasteiger partial charge in [0.05, 0.1) is 11.1 Å². The quantitative estimate of drug-likeness (QED) is 0.577. The summed E-state index contributed by atoms with van der Waals surface area (Å²) in [7, 11) is -0.358. The second kappa shape index (κ2) is 4.22. The van der Waals surface area contributed by atoms with E-state index in [-0.39, 0.29) is 5.60 Å². The van der Waals surface area contributed by atoms with Crippen LogP contribution in [0.1, 0.15) is 38.5 Å².